The highest BCUT2D eigenvalue weighted by Gasteiger charge is 2.46. The van der Waals surface area contributed by atoms with Crippen molar-refractivity contribution in [2.75, 3.05) is 6.54 Å². The number of nitrogens with zero attached hydrogens (tertiary/aromatic N) is 3. The molecule has 1 aliphatic rings. The van der Waals surface area contributed by atoms with Gasteiger partial charge < -0.3 is 9.42 Å². The van der Waals surface area contributed by atoms with Crippen molar-refractivity contribution in [3.63, 3.8) is 0 Å². The summed E-state index contributed by atoms with van der Waals surface area (Å²) in [6.45, 7) is 0.0676. The van der Waals surface area contributed by atoms with Gasteiger partial charge in [-0.15, -0.1) is 0 Å². The van der Waals surface area contributed by atoms with E-state index in [9.17, 15) is 18.0 Å². The lowest BCUT2D eigenvalue weighted by atomic mass is 10.0. The zero-order valence-corrected chi connectivity index (χ0v) is 12.1. The molecule has 0 spiro atoms. The highest BCUT2D eigenvalue weighted by Crippen LogP contribution is 2.33. The van der Waals surface area contributed by atoms with Gasteiger partial charge in [0, 0.05) is 30.6 Å². The van der Waals surface area contributed by atoms with Crippen LogP contribution in [0, 0.1) is 0 Å². The number of amides is 1. The molecule has 2 aromatic rings. The van der Waals surface area contributed by atoms with Crippen LogP contribution in [0.3, 0.4) is 0 Å². The minimum atomic E-state index is -4.44. The lowest BCUT2D eigenvalue weighted by Crippen LogP contribution is -2.51. The summed E-state index contributed by atoms with van der Waals surface area (Å²) in [6, 6.07) is 2.98. The Labute approximate surface area is 130 Å². The third-order valence-corrected chi connectivity index (χ3v) is 3.82. The number of rotatable bonds is 2. The van der Waals surface area contributed by atoms with Crippen LogP contribution in [0.1, 0.15) is 29.8 Å². The molecule has 1 saturated heterocycles. The van der Waals surface area contributed by atoms with E-state index < -0.39 is 18.1 Å². The predicted octanol–water partition coefficient (Wildman–Crippen LogP) is 3.29. The second-order valence-electron chi connectivity index (χ2n) is 5.37. The number of piperidine rings is 1. The quantitative estimate of drug-likeness (QED) is 0.850. The molecule has 122 valence electrons. The molecule has 5 nitrogen and oxygen atoms in total. The van der Waals surface area contributed by atoms with Crippen LogP contribution in [0.4, 0.5) is 13.2 Å². The lowest BCUT2D eigenvalue weighted by molar-refractivity contribution is -0.183. The number of aromatic nitrogens is 2. The van der Waals surface area contributed by atoms with Gasteiger partial charge in [-0.3, -0.25) is 9.78 Å². The average Bonchev–Trinajstić information content (AvgIpc) is 3.04. The first-order chi connectivity index (χ1) is 11.0. The number of hydrogen-bond acceptors (Lipinski definition) is 4. The summed E-state index contributed by atoms with van der Waals surface area (Å²) in [7, 11) is 0. The molecule has 1 unspecified atom stereocenters. The van der Waals surface area contributed by atoms with E-state index in [4.69, 9.17) is 4.52 Å². The Balaban J connectivity index is 1.84. The summed E-state index contributed by atoms with van der Waals surface area (Å²) in [5.74, 6) is -0.465. The highest BCUT2D eigenvalue weighted by molar-refractivity contribution is 5.93. The molecule has 0 aromatic carbocycles. The molecule has 0 saturated carbocycles. The molecule has 0 bridgehead atoms. The Morgan fingerprint density at radius 3 is 2.87 bits per heavy atom. The molecule has 8 heteroatoms. The Morgan fingerprint density at radius 2 is 2.17 bits per heavy atom. The van der Waals surface area contributed by atoms with Crippen LogP contribution in [0.25, 0.3) is 11.3 Å². The van der Waals surface area contributed by atoms with Crippen LogP contribution in [0.2, 0.25) is 0 Å². The standard InChI is InChI=1S/C15H14F3N3O2/c16-15(17,18)13-5-1-2-7-21(13)14(22)11-8-12(23-20-11)10-4-3-6-19-9-10/h3-4,6,8-9,13H,1-2,5,7H2. The summed E-state index contributed by atoms with van der Waals surface area (Å²) in [6.07, 6.45) is -0.421. The summed E-state index contributed by atoms with van der Waals surface area (Å²) in [5, 5.41) is 3.62. The topological polar surface area (TPSA) is 59.2 Å². The van der Waals surface area contributed by atoms with Gasteiger partial charge in [-0.05, 0) is 31.4 Å². The fraction of sp³-hybridized carbons (Fsp3) is 0.400. The number of alkyl halides is 3. The van der Waals surface area contributed by atoms with Crippen molar-refractivity contribution in [3.8, 4) is 11.3 Å². The number of pyridine rings is 1. The summed E-state index contributed by atoms with van der Waals surface area (Å²) in [5.41, 5.74) is 0.477. The first-order valence-electron chi connectivity index (χ1n) is 7.21. The summed E-state index contributed by atoms with van der Waals surface area (Å²) in [4.78, 5) is 17.1. The van der Waals surface area contributed by atoms with E-state index in [1.807, 2.05) is 0 Å². The molecular weight excluding hydrogens is 311 g/mol. The van der Waals surface area contributed by atoms with E-state index in [0.29, 0.717) is 24.2 Å². The molecule has 1 atom stereocenters. The van der Waals surface area contributed by atoms with Gasteiger partial charge in [0.25, 0.3) is 5.91 Å². The van der Waals surface area contributed by atoms with Crippen molar-refractivity contribution >= 4 is 5.91 Å². The van der Waals surface area contributed by atoms with Gasteiger partial charge in [-0.1, -0.05) is 5.16 Å². The van der Waals surface area contributed by atoms with Crippen molar-refractivity contribution in [1.82, 2.24) is 15.0 Å². The van der Waals surface area contributed by atoms with E-state index in [1.165, 1.54) is 12.3 Å². The maximum atomic E-state index is 13.1. The SMILES string of the molecule is O=C(c1cc(-c2cccnc2)on1)N1CCCCC1C(F)(F)F. The number of carbonyl (C=O) groups is 1. The third-order valence-electron chi connectivity index (χ3n) is 3.82. The fourth-order valence-electron chi connectivity index (χ4n) is 2.68. The zero-order chi connectivity index (χ0) is 16.4. The van der Waals surface area contributed by atoms with Crippen LogP contribution < -0.4 is 0 Å². The normalized spacial score (nSPS) is 18.9. The molecule has 0 aliphatic carbocycles. The molecule has 3 rings (SSSR count). The van der Waals surface area contributed by atoms with Gasteiger partial charge in [-0.25, -0.2) is 0 Å². The molecule has 1 fully saturated rings. The second kappa shape index (κ2) is 6.02. The largest absolute Gasteiger partial charge is 0.408 e. The second-order valence-corrected chi connectivity index (χ2v) is 5.37. The van der Waals surface area contributed by atoms with E-state index in [1.54, 1.807) is 18.3 Å². The van der Waals surface area contributed by atoms with E-state index in [2.05, 4.69) is 10.1 Å². The highest BCUT2D eigenvalue weighted by atomic mass is 19.4. The van der Waals surface area contributed by atoms with Gasteiger partial charge >= 0.3 is 6.18 Å². The van der Waals surface area contributed by atoms with Gasteiger partial charge in [0.1, 0.15) is 6.04 Å². The van der Waals surface area contributed by atoms with Crippen LogP contribution in [0.5, 0.6) is 0 Å². The molecule has 0 radical (unpaired) electrons. The van der Waals surface area contributed by atoms with Crippen LogP contribution in [-0.2, 0) is 0 Å². The summed E-state index contributed by atoms with van der Waals surface area (Å²) < 4.78 is 44.3. The van der Waals surface area contributed by atoms with Crippen molar-refractivity contribution in [1.29, 1.82) is 0 Å². The molecule has 1 aliphatic heterocycles. The van der Waals surface area contributed by atoms with Gasteiger partial charge in [0.15, 0.2) is 11.5 Å². The van der Waals surface area contributed by atoms with E-state index in [0.717, 1.165) is 4.90 Å². The lowest BCUT2D eigenvalue weighted by Gasteiger charge is -2.36. The smallest absolute Gasteiger partial charge is 0.355 e. The maximum absolute atomic E-state index is 13.1. The number of likely N-dealkylation sites (tertiary alicyclic amines) is 1. The Hall–Kier alpha value is -2.38. The number of hydrogen-bond donors (Lipinski definition) is 0. The predicted molar refractivity (Wildman–Crippen MR) is 74.5 cm³/mol. The minimum absolute atomic E-state index is 0.0676. The molecule has 23 heavy (non-hydrogen) atoms. The molecule has 2 aromatic heterocycles. The van der Waals surface area contributed by atoms with Crippen LogP contribution in [-0.4, -0.2) is 39.7 Å². The zero-order valence-electron chi connectivity index (χ0n) is 12.1. The third kappa shape index (κ3) is 3.20. The Bertz CT molecular complexity index is 685. The first-order valence-corrected chi connectivity index (χ1v) is 7.21. The minimum Gasteiger partial charge on any atom is -0.355 e. The van der Waals surface area contributed by atoms with Crippen LogP contribution >= 0.6 is 0 Å². The average molecular weight is 325 g/mol. The summed E-state index contributed by atoms with van der Waals surface area (Å²) >= 11 is 0. The number of halogens is 3. The van der Waals surface area contributed by atoms with Crippen molar-refractivity contribution in [3.05, 3.63) is 36.3 Å². The van der Waals surface area contributed by atoms with Gasteiger partial charge in [-0.2, -0.15) is 13.2 Å². The molecule has 0 N–H and O–H groups in total. The van der Waals surface area contributed by atoms with Crippen molar-refractivity contribution in [2.24, 2.45) is 0 Å². The van der Waals surface area contributed by atoms with Gasteiger partial charge in [0.05, 0.1) is 0 Å². The Morgan fingerprint density at radius 1 is 1.35 bits per heavy atom. The number of carbonyl (C=O) groups excluding carboxylic acids is 1. The molecular formula is C15H14F3N3O2. The Kier molecular flexibility index (Phi) is 4.06. The monoisotopic (exact) mass is 325 g/mol. The van der Waals surface area contributed by atoms with Crippen molar-refractivity contribution in [2.45, 2.75) is 31.5 Å². The maximum Gasteiger partial charge on any atom is 0.408 e. The van der Waals surface area contributed by atoms with E-state index in [-0.39, 0.29) is 18.7 Å². The van der Waals surface area contributed by atoms with Crippen molar-refractivity contribution < 1.29 is 22.5 Å². The fourth-order valence-corrected chi connectivity index (χ4v) is 2.68. The molecule has 3 heterocycles. The first kappa shape index (κ1) is 15.5. The van der Waals surface area contributed by atoms with Crippen LogP contribution in [0.15, 0.2) is 35.1 Å². The molecule has 1 amide bonds. The van der Waals surface area contributed by atoms with Gasteiger partial charge in [0.2, 0.25) is 0 Å². The van der Waals surface area contributed by atoms with E-state index >= 15 is 0 Å².